The van der Waals surface area contributed by atoms with Gasteiger partial charge in [0.2, 0.25) is 5.91 Å². The minimum Gasteiger partial charge on any atom is -0.338 e. The van der Waals surface area contributed by atoms with Crippen LogP contribution >= 0.6 is 0 Å². The molecule has 1 fully saturated rings. The Morgan fingerprint density at radius 2 is 1.88 bits per heavy atom. The molecule has 2 atom stereocenters. The zero-order valence-corrected chi connectivity index (χ0v) is 15.1. The van der Waals surface area contributed by atoms with E-state index in [0.717, 1.165) is 32.4 Å². The quantitative estimate of drug-likeness (QED) is 0.912. The fourth-order valence-electron chi connectivity index (χ4n) is 3.65. The molecule has 132 valence electrons. The normalized spacial score (nSPS) is 20.5. The third kappa shape index (κ3) is 4.67. The summed E-state index contributed by atoms with van der Waals surface area (Å²) in [6, 6.07) is 13.2. The van der Waals surface area contributed by atoms with Gasteiger partial charge in [-0.05, 0) is 49.4 Å². The van der Waals surface area contributed by atoms with E-state index in [1.165, 1.54) is 16.7 Å². The third-order valence-corrected chi connectivity index (χ3v) is 5.07. The van der Waals surface area contributed by atoms with Crippen molar-refractivity contribution in [3.05, 3.63) is 65.5 Å². The van der Waals surface area contributed by atoms with Crippen molar-refractivity contribution in [3.8, 4) is 0 Å². The van der Waals surface area contributed by atoms with Gasteiger partial charge < -0.3 is 10.2 Å². The lowest BCUT2D eigenvalue weighted by molar-refractivity contribution is -0.133. The second kappa shape index (κ2) is 8.26. The van der Waals surface area contributed by atoms with Gasteiger partial charge in [0.05, 0.1) is 6.04 Å². The number of piperidine rings is 1. The molecule has 1 N–H and O–H groups in total. The first-order valence-electron chi connectivity index (χ1n) is 9.08. The zero-order valence-electron chi connectivity index (χ0n) is 15.1. The molecule has 0 spiro atoms. The van der Waals surface area contributed by atoms with E-state index in [9.17, 15) is 4.79 Å². The molecular formula is C21H27N3O. The van der Waals surface area contributed by atoms with E-state index >= 15 is 0 Å². The number of pyridine rings is 1. The van der Waals surface area contributed by atoms with Gasteiger partial charge in [0, 0.05) is 38.4 Å². The predicted molar refractivity (Wildman–Crippen MR) is 100 cm³/mol. The molecule has 1 aliphatic heterocycles. The van der Waals surface area contributed by atoms with Gasteiger partial charge in [0.25, 0.3) is 0 Å². The minimum absolute atomic E-state index is 0.174. The van der Waals surface area contributed by atoms with Gasteiger partial charge >= 0.3 is 0 Å². The number of hydrogen-bond donors (Lipinski definition) is 1. The molecule has 1 aromatic heterocycles. The molecule has 0 unspecified atom stereocenters. The van der Waals surface area contributed by atoms with Gasteiger partial charge in [-0.15, -0.1) is 0 Å². The van der Waals surface area contributed by atoms with Crippen LogP contribution < -0.4 is 5.32 Å². The Balaban J connectivity index is 1.73. The summed E-state index contributed by atoms with van der Waals surface area (Å²) >= 11 is 0. The van der Waals surface area contributed by atoms with Crippen molar-refractivity contribution in [1.29, 1.82) is 0 Å². The van der Waals surface area contributed by atoms with Crippen LogP contribution in [0.2, 0.25) is 0 Å². The molecule has 1 aliphatic rings. The number of carbonyl (C=O) groups is 1. The fourth-order valence-corrected chi connectivity index (χ4v) is 3.65. The van der Waals surface area contributed by atoms with Gasteiger partial charge in [-0.3, -0.25) is 9.78 Å². The highest BCUT2D eigenvalue weighted by Gasteiger charge is 2.32. The number of likely N-dealkylation sites (tertiary alicyclic amines) is 1. The summed E-state index contributed by atoms with van der Waals surface area (Å²) in [6.07, 6.45) is 6.70. The standard InChI is InChI=1S/C21H27N3O/c1-16-5-7-18(8-6-16)14-21-20(4-3-13-24(21)17(2)25)23-15-19-9-11-22-12-10-19/h5-12,20-21,23H,3-4,13-15H2,1-2H3/t20-,21-/m0/s1. The van der Waals surface area contributed by atoms with Crippen molar-refractivity contribution in [1.82, 2.24) is 15.2 Å². The fraction of sp³-hybridized carbons (Fsp3) is 0.429. The van der Waals surface area contributed by atoms with E-state index in [1.807, 2.05) is 29.4 Å². The van der Waals surface area contributed by atoms with Crippen LogP contribution in [0.1, 0.15) is 36.5 Å². The summed E-state index contributed by atoms with van der Waals surface area (Å²) in [4.78, 5) is 18.3. The topological polar surface area (TPSA) is 45.2 Å². The Kier molecular flexibility index (Phi) is 5.82. The third-order valence-electron chi connectivity index (χ3n) is 5.07. The Morgan fingerprint density at radius 3 is 2.56 bits per heavy atom. The van der Waals surface area contributed by atoms with E-state index in [0.29, 0.717) is 6.04 Å². The lowest BCUT2D eigenvalue weighted by Crippen LogP contribution is -2.56. The zero-order chi connectivity index (χ0) is 17.6. The lowest BCUT2D eigenvalue weighted by atomic mass is 9.90. The maximum absolute atomic E-state index is 12.2. The van der Waals surface area contributed by atoms with Gasteiger partial charge in [-0.2, -0.15) is 0 Å². The first-order chi connectivity index (χ1) is 12.1. The molecule has 0 bridgehead atoms. The van der Waals surface area contributed by atoms with E-state index in [2.05, 4.69) is 41.5 Å². The molecule has 2 heterocycles. The molecule has 0 aliphatic carbocycles. The van der Waals surface area contributed by atoms with Crippen LogP contribution in [0.25, 0.3) is 0 Å². The van der Waals surface area contributed by atoms with Crippen molar-refractivity contribution < 1.29 is 4.79 Å². The summed E-state index contributed by atoms with van der Waals surface area (Å²) in [7, 11) is 0. The SMILES string of the molecule is CC(=O)N1CCC[C@H](NCc2ccncc2)[C@@H]1Cc1ccc(C)cc1. The summed E-state index contributed by atoms with van der Waals surface area (Å²) in [6.45, 7) is 5.46. The molecule has 0 saturated carbocycles. The van der Waals surface area contributed by atoms with Crippen LogP contribution in [0, 0.1) is 6.92 Å². The van der Waals surface area contributed by atoms with E-state index in [1.54, 1.807) is 6.92 Å². The van der Waals surface area contributed by atoms with Crippen molar-refractivity contribution >= 4 is 5.91 Å². The number of aryl methyl sites for hydroxylation is 1. The maximum Gasteiger partial charge on any atom is 0.219 e. The van der Waals surface area contributed by atoms with Crippen LogP contribution in [0.15, 0.2) is 48.8 Å². The Bertz CT molecular complexity index is 684. The molecule has 1 aromatic carbocycles. The molecule has 0 radical (unpaired) electrons. The average Bonchev–Trinajstić information content (AvgIpc) is 2.63. The summed E-state index contributed by atoms with van der Waals surface area (Å²) in [5, 5.41) is 3.68. The summed E-state index contributed by atoms with van der Waals surface area (Å²) < 4.78 is 0. The number of rotatable bonds is 5. The molecule has 25 heavy (non-hydrogen) atoms. The maximum atomic E-state index is 12.2. The summed E-state index contributed by atoms with van der Waals surface area (Å²) in [5.41, 5.74) is 3.78. The molecule has 1 amide bonds. The van der Waals surface area contributed by atoms with Crippen molar-refractivity contribution in [2.24, 2.45) is 0 Å². The molecule has 4 heteroatoms. The number of nitrogens with zero attached hydrogens (tertiary/aromatic N) is 2. The van der Waals surface area contributed by atoms with Gasteiger partial charge in [-0.25, -0.2) is 0 Å². The number of carbonyl (C=O) groups excluding carboxylic acids is 1. The molecule has 3 rings (SSSR count). The lowest BCUT2D eigenvalue weighted by Gasteiger charge is -2.41. The van der Waals surface area contributed by atoms with Crippen molar-refractivity contribution in [3.63, 3.8) is 0 Å². The monoisotopic (exact) mass is 337 g/mol. The molecular weight excluding hydrogens is 310 g/mol. The molecule has 1 saturated heterocycles. The van der Waals surface area contributed by atoms with E-state index < -0.39 is 0 Å². The predicted octanol–water partition coefficient (Wildman–Crippen LogP) is 3.10. The highest BCUT2D eigenvalue weighted by molar-refractivity contribution is 5.73. The highest BCUT2D eigenvalue weighted by atomic mass is 16.2. The number of amides is 1. The minimum atomic E-state index is 0.174. The van der Waals surface area contributed by atoms with Crippen molar-refractivity contribution in [2.75, 3.05) is 6.54 Å². The Hall–Kier alpha value is -2.20. The van der Waals surface area contributed by atoms with Crippen LogP contribution in [0.3, 0.4) is 0 Å². The van der Waals surface area contributed by atoms with Gasteiger partial charge in [-0.1, -0.05) is 29.8 Å². The van der Waals surface area contributed by atoms with E-state index in [-0.39, 0.29) is 11.9 Å². The second-order valence-corrected chi connectivity index (χ2v) is 6.95. The van der Waals surface area contributed by atoms with Gasteiger partial charge in [0.15, 0.2) is 0 Å². The Labute approximate surface area is 150 Å². The Morgan fingerprint density at radius 1 is 1.16 bits per heavy atom. The number of hydrogen-bond acceptors (Lipinski definition) is 3. The smallest absolute Gasteiger partial charge is 0.219 e. The number of benzene rings is 1. The molecule has 4 nitrogen and oxygen atoms in total. The number of nitrogens with one attached hydrogen (secondary N) is 1. The highest BCUT2D eigenvalue weighted by Crippen LogP contribution is 2.22. The second-order valence-electron chi connectivity index (χ2n) is 6.95. The van der Waals surface area contributed by atoms with Crippen molar-refractivity contribution in [2.45, 2.75) is 51.7 Å². The van der Waals surface area contributed by atoms with Crippen LogP contribution in [0.4, 0.5) is 0 Å². The van der Waals surface area contributed by atoms with E-state index in [4.69, 9.17) is 0 Å². The average molecular weight is 337 g/mol. The van der Waals surface area contributed by atoms with Crippen LogP contribution in [0.5, 0.6) is 0 Å². The first-order valence-corrected chi connectivity index (χ1v) is 9.08. The first kappa shape index (κ1) is 17.6. The molecule has 2 aromatic rings. The largest absolute Gasteiger partial charge is 0.338 e. The van der Waals surface area contributed by atoms with Crippen LogP contribution in [-0.4, -0.2) is 34.4 Å². The summed E-state index contributed by atoms with van der Waals surface area (Å²) in [5.74, 6) is 0.174. The number of aromatic nitrogens is 1. The van der Waals surface area contributed by atoms with Gasteiger partial charge in [0.1, 0.15) is 0 Å². The van der Waals surface area contributed by atoms with Crippen LogP contribution in [-0.2, 0) is 17.8 Å².